The first-order valence-electron chi connectivity index (χ1n) is 8.32. The van der Waals surface area contributed by atoms with Crippen LogP contribution < -0.4 is 0 Å². The zero-order valence-electron chi connectivity index (χ0n) is 13.5. The lowest BCUT2D eigenvalue weighted by Gasteiger charge is -2.29. The molecule has 3 rings (SSSR count). The lowest BCUT2D eigenvalue weighted by atomic mass is 9.96. The van der Waals surface area contributed by atoms with Gasteiger partial charge in [0.2, 0.25) is 5.91 Å². The number of aryl methyl sites for hydroxylation is 1. The molecule has 1 aliphatic carbocycles. The van der Waals surface area contributed by atoms with E-state index < -0.39 is 5.97 Å². The maximum absolute atomic E-state index is 12.6. The Morgan fingerprint density at radius 3 is 2.61 bits per heavy atom. The van der Waals surface area contributed by atoms with Crippen molar-refractivity contribution in [3.05, 3.63) is 41.5 Å². The fraction of sp³-hybridized carbons (Fsp3) is 0.474. The molecule has 0 spiro atoms. The zero-order chi connectivity index (χ0) is 16.4. The van der Waals surface area contributed by atoms with Crippen molar-refractivity contribution < 1.29 is 14.7 Å². The van der Waals surface area contributed by atoms with E-state index in [1.165, 1.54) is 16.7 Å². The lowest BCUT2D eigenvalue weighted by Crippen LogP contribution is -2.38. The van der Waals surface area contributed by atoms with Crippen LogP contribution in [0, 0.1) is 18.8 Å². The molecule has 23 heavy (non-hydrogen) atoms. The number of hydrogen-bond donors (Lipinski definition) is 1. The summed E-state index contributed by atoms with van der Waals surface area (Å²) in [7, 11) is 0. The topological polar surface area (TPSA) is 57.6 Å². The third kappa shape index (κ3) is 3.46. The van der Waals surface area contributed by atoms with Crippen LogP contribution in [-0.2, 0) is 9.59 Å². The Hall–Kier alpha value is -2.10. The Balaban J connectivity index is 1.62. The largest absolute Gasteiger partial charge is 0.481 e. The Morgan fingerprint density at radius 2 is 2.00 bits per heavy atom. The predicted molar refractivity (Wildman–Crippen MR) is 88.8 cm³/mol. The highest BCUT2D eigenvalue weighted by Crippen LogP contribution is 2.33. The van der Waals surface area contributed by atoms with E-state index in [0.29, 0.717) is 25.8 Å². The quantitative estimate of drug-likeness (QED) is 0.933. The van der Waals surface area contributed by atoms with E-state index in [1.54, 1.807) is 0 Å². The number of carboxylic acids is 1. The van der Waals surface area contributed by atoms with E-state index in [9.17, 15) is 9.59 Å². The highest BCUT2D eigenvalue weighted by Gasteiger charge is 2.36. The minimum Gasteiger partial charge on any atom is -0.481 e. The SMILES string of the molecule is Cc1cccc(C2=CCN(C(=O)[C@@H]3CC[C@H](C(=O)O)C3)CC2)c1. The van der Waals surface area contributed by atoms with Gasteiger partial charge in [0.05, 0.1) is 5.92 Å². The average Bonchev–Trinajstić information content (AvgIpc) is 3.04. The van der Waals surface area contributed by atoms with Gasteiger partial charge in [0, 0.05) is 19.0 Å². The molecule has 2 atom stereocenters. The third-order valence-corrected chi connectivity index (χ3v) is 5.04. The Labute approximate surface area is 136 Å². The fourth-order valence-electron chi connectivity index (χ4n) is 3.66. The van der Waals surface area contributed by atoms with Gasteiger partial charge in [-0.25, -0.2) is 0 Å². The Bertz CT molecular complexity index is 650. The van der Waals surface area contributed by atoms with Crippen molar-refractivity contribution in [1.29, 1.82) is 0 Å². The van der Waals surface area contributed by atoms with Gasteiger partial charge < -0.3 is 10.0 Å². The minimum atomic E-state index is -0.763. The fourth-order valence-corrected chi connectivity index (χ4v) is 3.66. The lowest BCUT2D eigenvalue weighted by molar-refractivity contribution is -0.141. The van der Waals surface area contributed by atoms with Crippen LogP contribution in [0.3, 0.4) is 0 Å². The summed E-state index contributed by atoms with van der Waals surface area (Å²) < 4.78 is 0. The second-order valence-electron chi connectivity index (χ2n) is 6.68. The highest BCUT2D eigenvalue weighted by molar-refractivity contribution is 5.82. The van der Waals surface area contributed by atoms with Crippen LogP contribution in [0.25, 0.3) is 5.57 Å². The van der Waals surface area contributed by atoms with Gasteiger partial charge >= 0.3 is 5.97 Å². The molecule has 4 nitrogen and oxygen atoms in total. The van der Waals surface area contributed by atoms with Gasteiger partial charge in [-0.05, 0) is 43.7 Å². The molecular formula is C19H23NO3. The number of nitrogens with zero attached hydrogens (tertiary/aromatic N) is 1. The molecule has 0 saturated heterocycles. The number of benzene rings is 1. The van der Waals surface area contributed by atoms with Crippen molar-refractivity contribution in [3.63, 3.8) is 0 Å². The van der Waals surface area contributed by atoms with E-state index in [-0.39, 0.29) is 17.7 Å². The van der Waals surface area contributed by atoms with Crippen molar-refractivity contribution in [1.82, 2.24) is 4.90 Å². The number of amides is 1. The van der Waals surface area contributed by atoms with E-state index in [4.69, 9.17) is 5.11 Å². The van der Waals surface area contributed by atoms with Crippen LogP contribution in [0.1, 0.15) is 36.8 Å². The molecule has 0 unspecified atom stereocenters. The van der Waals surface area contributed by atoms with E-state index in [1.807, 2.05) is 4.90 Å². The van der Waals surface area contributed by atoms with Gasteiger partial charge in [-0.3, -0.25) is 9.59 Å². The maximum Gasteiger partial charge on any atom is 0.306 e. The summed E-state index contributed by atoms with van der Waals surface area (Å²) in [5, 5.41) is 9.07. The van der Waals surface area contributed by atoms with Crippen LogP contribution >= 0.6 is 0 Å². The summed E-state index contributed by atoms with van der Waals surface area (Å²) in [5.41, 5.74) is 3.78. The van der Waals surface area contributed by atoms with Crippen molar-refractivity contribution in [2.75, 3.05) is 13.1 Å². The molecule has 0 bridgehead atoms. The molecule has 1 aromatic carbocycles. The van der Waals surface area contributed by atoms with Gasteiger partial charge in [-0.2, -0.15) is 0 Å². The number of carbonyl (C=O) groups is 2. The highest BCUT2D eigenvalue weighted by atomic mass is 16.4. The number of aliphatic carboxylic acids is 1. The standard InChI is InChI=1S/C19H23NO3/c1-13-3-2-4-15(11-13)14-7-9-20(10-8-14)18(21)16-5-6-17(12-16)19(22)23/h2-4,7,11,16-17H,5-6,8-10,12H2,1H3,(H,22,23)/t16-,17+/m1/s1. The van der Waals surface area contributed by atoms with E-state index in [0.717, 1.165) is 13.0 Å². The summed E-state index contributed by atoms with van der Waals surface area (Å²) in [5.74, 6) is -1.08. The van der Waals surface area contributed by atoms with E-state index in [2.05, 4.69) is 37.3 Å². The average molecular weight is 313 g/mol. The van der Waals surface area contributed by atoms with Gasteiger partial charge in [0.25, 0.3) is 0 Å². The second-order valence-corrected chi connectivity index (χ2v) is 6.68. The van der Waals surface area contributed by atoms with Crippen LogP contribution in [0.15, 0.2) is 30.3 Å². The van der Waals surface area contributed by atoms with Crippen molar-refractivity contribution in [3.8, 4) is 0 Å². The molecule has 1 fully saturated rings. The maximum atomic E-state index is 12.6. The monoisotopic (exact) mass is 313 g/mol. The molecule has 1 amide bonds. The molecule has 0 radical (unpaired) electrons. The molecule has 0 aromatic heterocycles. The molecule has 1 aromatic rings. The predicted octanol–water partition coefficient (Wildman–Crippen LogP) is 3.11. The number of rotatable bonds is 3. The van der Waals surface area contributed by atoms with Crippen LogP contribution in [0.5, 0.6) is 0 Å². The molecule has 1 saturated carbocycles. The summed E-state index contributed by atoms with van der Waals surface area (Å²) in [6.07, 6.45) is 4.84. The summed E-state index contributed by atoms with van der Waals surface area (Å²) in [6.45, 7) is 3.45. The first-order chi connectivity index (χ1) is 11.0. The molecule has 122 valence electrons. The summed E-state index contributed by atoms with van der Waals surface area (Å²) in [6, 6.07) is 8.44. The molecular weight excluding hydrogens is 290 g/mol. The second kappa shape index (κ2) is 6.57. The van der Waals surface area contributed by atoms with Crippen molar-refractivity contribution in [2.24, 2.45) is 11.8 Å². The minimum absolute atomic E-state index is 0.106. The van der Waals surface area contributed by atoms with Gasteiger partial charge in [-0.1, -0.05) is 35.9 Å². The Morgan fingerprint density at radius 1 is 1.22 bits per heavy atom. The third-order valence-electron chi connectivity index (χ3n) is 5.04. The summed E-state index contributed by atoms with van der Waals surface area (Å²) >= 11 is 0. The molecule has 2 aliphatic rings. The molecule has 1 N–H and O–H groups in total. The molecule has 1 heterocycles. The first kappa shape index (κ1) is 15.8. The molecule has 1 aliphatic heterocycles. The smallest absolute Gasteiger partial charge is 0.306 e. The normalized spacial score (nSPS) is 24.4. The first-order valence-corrected chi connectivity index (χ1v) is 8.32. The zero-order valence-corrected chi connectivity index (χ0v) is 13.5. The number of hydrogen-bond acceptors (Lipinski definition) is 2. The van der Waals surface area contributed by atoms with Gasteiger partial charge in [-0.15, -0.1) is 0 Å². The Kier molecular flexibility index (Phi) is 4.51. The van der Waals surface area contributed by atoms with Crippen LogP contribution in [0.2, 0.25) is 0 Å². The van der Waals surface area contributed by atoms with Crippen LogP contribution in [-0.4, -0.2) is 35.0 Å². The van der Waals surface area contributed by atoms with E-state index >= 15 is 0 Å². The number of carboxylic acid groups (broad SMARTS) is 1. The van der Waals surface area contributed by atoms with Gasteiger partial charge in [0.1, 0.15) is 0 Å². The van der Waals surface area contributed by atoms with Crippen molar-refractivity contribution in [2.45, 2.75) is 32.6 Å². The van der Waals surface area contributed by atoms with Gasteiger partial charge in [0.15, 0.2) is 0 Å². The van der Waals surface area contributed by atoms with Crippen molar-refractivity contribution >= 4 is 17.4 Å². The van der Waals surface area contributed by atoms with Crippen LogP contribution in [0.4, 0.5) is 0 Å². The number of carbonyl (C=O) groups excluding carboxylic acids is 1. The summed E-state index contributed by atoms with van der Waals surface area (Å²) in [4.78, 5) is 25.5. The molecule has 4 heteroatoms.